The van der Waals surface area contributed by atoms with Crippen LogP contribution in [0.4, 0.5) is 0 Å². The highest BCUT2D eigenvalue weighted by molar-refractivity contribution is 5.93. The van der Waals surface area contributed by atoms with Gasteiger partial charge in [-0.15, -0.1) is 0 Å². The summed E-state index contributed by atoms with van der Waals surface area (Å²) < 4.78 is 10.9. The quantitative estimate of drug-likeness (QED) is 0.371. The number of Topliss-reactive ketones (excluding diaryl/α,β-unsaturated/α-hetero) is 1. The van der Waals surface area contributed by atoms with Crippen LogP contribution in [-0.4, -0.2) is 30.2 Å². The first kappa shape index (κ1) is 5.89. The molecule has 0 aromatic heterocycles. The van der Waals surface area contributed by atoms with Crippen LogP contribution in [-0.2, 0) is 14.3 Å². The monoisotopic (exact) mass is 164 g/mol. The van der Waals surface area contributed by atoms with Gasteiger partial charge >= 0.3 is 0 Å². The van der Waals surface area contributed by atoms with E-state index in [4.69, 9.17) is 9.47 Å². The number of ketones is 1. The number of hydrogen-bond acceptors (Lipinski definition) is 3. The van der Waals surface area contributed by atoms with E-state index in [0.717, 1.165) is 0 Å². The van der Waals surface area contributed by atoms with Gasteiger partial charge in [0.15, 0.2) is 5.78 Å². The lowest BCUT2D eigenvalue weighted by Crippen LogP contribution is -2.29. The van der Waals surface area contributed by atoms with Crippen molar-refractivity contribution in [3.8, 4) is 0 Å². The molecular weight excluding hydrogens is 156 g/mol. The van der Waals surface area contributed by atoms with Crippen LogP contribution in [0.2, 0.25) is 0 Å². The van der Waals surface area contributed by atoms with Crippen LogP contribution in [0.25, 0.3) is 0 Å². The smallest absolute Gasteiger partial charge is 0.170 e. The van der Waals surface area contributed by atoms with E-state index >= 15 is 0 Å². The number of fused-ring (bicyclic) bond motifs is 7. The van der Waals surface area contributed by atoms with Crippen molar-refractivity contribution in [2.45, 2.75) is 24.4 Å². The highest BCUT2D eigenvalue weighted by Crippen LogP contribution is 2.54. The minimum Gasteiger partial charge on any atom is -0.366 e. The third kappa shape index (κ3) is 0.441. The predicted octanol–water partition coefficient (Wildman–Crippen LogP) is -0.0939. The molecule has 0 aromatic rings. The number of carbonyl (C=O) groups excluding carboxylic acids is 1. The van der Waals surface area contributed by atoms with Gasteiger partial charge in [0, 0.05) is 5.92 Å². The van der Waals surface area contributed by atoms with Gasteiger partial charge in [-0.3, -0.25) is 4.79 Å². The average Bonchev–Trinajstić information content (AvgIpc) is 2.49. The largest absolute Gasteiger partial charge is 0.366 e. The predicted molar refractivity (Wildman–Crippen MR) is 38.4 cm³/mol. The molecule has 62 valence electrons. The Morgan fingerprint density at radius 2 is 2.00 bits per heavy atom. The zero-order valence-corrected chi connectivity index (χ0v) is 6.34. The molecule has 6 atom stereocenters. The lowest BCUT2D eigenvalue weighted by Gasteiger charge is -2.16. The lowest BCUT2D eigenvalue weighted by molar-refractivity contribution is -0.125. The molecule has 2 saturated heterocycles. The Balaban J connectivity index is 1.86. The second-order valence-corrected chi connectivity index (χ2v) is 3.98. The lowest BCUT2D eigenvalue weighted by atomic mass is 9.85. The molecule has 4 rings (SSSR count). The molecule has 1 aliphatic carbocycles. The van der Waals surface area contributed by atoms with Crippen molar-refractivity contribution in [1.82, 2.24) is 0 Å². The van der Waals surface area contributed by atoms with E-state index in [2.05, 4.69) is 6.08 Å². The number of epoxide rings is 1. The molecule has 0 spiro atoms. The molecule has 4 aliphatic rings. The highest BCUT2D eigenvalue weighted by atomic mass is 16.6. The highest BCUT2D eigenvalue weighted by Gasteiger charge is 2.69. The Kier molecular flexibility index (Phi) is 0.745. The fourth-order valence-electron chi connectivity index (χ4n) is 2.92. The van der Waals surface area contributed by atoms with Gasteiger partial charge in [-0.2, -0.15) is 0 Å². The van der Waals surface area contributed by atoms with Crippen LogP contribution >= 0.6 is 0 Å². The molecule has 3 heterocycles. The van der Waals surface area contributed by atoms with Crippen molar-refractivity contribution >= 4 is 5.78 Å². The van der Waals surface area contributed by atoms with E-state index < -0.39 is 0 Å². The number of rotatable bonds is 0. The maximum Gasteiger partial charge on any atom is 0.170 e. The first-order valence-corrected chi connectivity index (χ1v) is 4.39. The average molecular weight is 164 g/mol. The SMILES string of the molecule is O=C1[C@H]2[C@@H]([C@H]3O[C@@H]13)[C@@H]1C=C[C@H]2O1. The summed E-state index contributed by atoms with van der Waals surface area (Å²) in [5.74, 6) is 0.753. The molecule has 3 aliphatic heterocycles. The van der Waals surface area contributed by atoms with Crippen molar-refractivity contribution in [3.05, 3.63) is 12.2 Å². The van der Waals surface area contributed by atoms with Gasteiger partial charge in [-0.05, 0) is 0 Å². The Morgan fingerprint density at radius 1 is 1.17 bits per heavy atom. The van der Waals surface area contributed by atoms with E-state index in [0.29, 0.717) is 5.92 Å². The van der Waals surface area contributed by atoms with E-state index in [1.807, 2.05) is 6.08 Å². The zero-order chi connectivity index (χ0) is 7.87. The van der Waals surface area contributed by atoms with Gasteiger partial charge in [0.1, 0.15) is 6.10 Å². The molecule has 0 amide bonds. The Labute approximate surface area is 69.3 Å². The normalized spacial score (nSPS) is 63.8. The van der Waals surface area contributed by atoms with E-state index in [1.165, 1.54) is 0 Å². The van der Waals surface area contributed by atoms with E-state index in [1.54, 1.807) is 0 Å². The van der Waals surface area contributed by atoms with Crippen molar-refractivity contribution in [2.24, 2.45) is 11.8 Å². The van der Waals surface area contributed by atoms with Crippen LogP contribution in [0.3, 0.4) is 0 Å². The summed E-state index contributed by atoms with van der Waals surface area (Å²) in [4.78, 5) is 11.6. The molecule has 0 aromatic carbocycles. The zero-order valence-electron chi connectivity index (χ0n) is 6.34. The fourth-order valence-corrected chi connectivity index (χ4v) is 2.92. The van der Waals surface area contributed by atoms with Crippen LogP contribution in [0.5, 0.6) is 0 Å². The summed E-state index contributed by atoms with van der Waals surface area (Å²) in [6, 6.07) is 0. The number of carbonyl (C=O) groups is 1. The van der Waals surface area contributed by atoms with Crippen LogP contribution in [0.15, 0.2) is 12.2 Å². The molecule has 3 fully saturated rings. The third-order valence-electron chi connectivity index (χ3n) is 3.47. The van der Waals surface area contributed by atoms with E-state index in [-0.39, 0.29) is 36.1 Å². The summed E-state index contributed by atoms with van der Waals surface area (Å²) in [6.45, 7) is 0. The van der Waals surface area contributed by atoms with Crippen molar-refractivity contribution in [3.63, 3.8) is 0 Å². The summed E-state index contributed by atoms with van der Waals surface area (Å²) in [6.07, 6.45) is 4.47. The Bertz CT molecular complexity index is 309. The van der Waals surface area contributed by atoms with Crippen molar-refractivity contribution in [1.29, 1.82) is 0 Å². The maximum absolute atomic E-state index is 11.6. The molecule has 1 saturated carbocycles. The van der Waals surface area contributed by atoms with Gasteiger partial charge in [0.2, 0.25) is 0 Å². The summed E-state index contributed by atoms with van der Waals surface area (Å²) in [7, 11) is 0. The van der Waals surface area contributed by atoms with Gasteiger partial charge < -0.3 is 9.47 Å². The number of hydrogen-bond donors (Lipinski definition) is 0. The molecule has 12 heavy (non-hydrogen) atoms. The second-order valence-electron chi connectivity index (χ2n) is 3.98. The van der Waals surface area contributed by atoms with Gasteiger partial charge in [0.05, 0.1) is 24.2 Å². The maximum atomic E-state index is 11.6. The Morgan fingerprint density at radius 3 is 2.83 bits per heavy atom. The molecule has 3 heteroatoms. The van der Waals surface area contributed by atoms with Crippen LogP contribution in [0, 0.1) is 11.8 Å². The second kappa shape index (κ2) is 1.52. The molecule has 0 N–H and O–H groups in total. The van der Waals surface area contributed by atoms with Gasteiger partial charge in [-0.25, -0.2) is 0 Å². The summed E-state index contributed by atoms with van der Waals surface area (Å²) in [5.41, 5.74) is 0. The molecule has 0 unspecified atom stereocenters. The van der Waals surface area contributed by atoms with Gasteiger partial charge in [-0.1, -0.05) is 12.2 Å². The number of ether oxygens (including phenoxy) is 2. The minimum atomic E-state index is -0.0613. The summed E-state index contributed by atoms with van der Waals surface area (Å²) in [5, 5.41) is 0. The molecule has 2 bridgehead atoms. The van der Waals surface area contributed by atoms with Crippen molar-refractivity contribution < 1.29 is 14.3 Å². The first-order valence-electron chi connectivity index (χ1n) is 4.39. The first-order chi connectivity index (χ1) is 5.86. The third-order valence-corrected chi connectivity index (χ3v) is 3.47. The fraction of sp³-hybridized carbons (Fsp3) is 0.667. The molecule has 0 radical (unpaired) electrons. The Hall–Kier alpha value is -0.670. The summed E-state index contributed by atoms with van der Waals surface area (Å²) >= 11 is 0. The van der Waals surface area contributed by atoms with Crippen LogP contribution < -0.4 is 0 Å². The van der Waals surface area contributed by atoms with E-state index in [9.17, 15) is 4.79 Å². The topological polar surface area (TPSA) is 38.8 Å². The molecular formula is C9H8O3. The van der Waals surface area contributed by atoms with Crippen LogP contribution in [0.1, 0.15) is 0 Å². The standard InChI is InChI=1S/C9H8O3/c10-7-5-3-1-2-4(11-3)6(5)8-9(7)12-8/h1-6,8-9H/t3-,4+,5-,6+,8-,9+/m1/s1. The molecule has 3 nitrogen and oxygen atoms in total. The van der Waals surface area contributed by atoms with Gasteiger partial charge in [0.25, 0.3) is 0 Å². The minimum absolute atomic E-state index is 0.0613. The van der Waals surface area contributed by atoms with Crippen molar-refractivity contribution in [2.75, 3.05) is 0 Å².